The van der Waals surface area contributed by atoms with E-state index in [2.05, 4.69) is 25.7 Å². The maximum absolute atomic E-state index is 12.6. The second-order valence-corrected chi connectivity index (χ2v) is 12.8. The largest absolute Gasteiger partial charge is 0.378 e. The van der Waals surface area contributed by atoms with Crippen molar-refractivity contribution >= 4 is 23.2 Å². The lowest BCUT2D eigenvalue weighted by atomic mass is 9.44. The molecule has 1 N–H and O–H groups in total. The van der Waals surface area contributed by atoms with Gasteiger partial charge in [-0.05, 0) is 111 Å². The molecule has 4 aliphatic carbocycles. The molecule has 0 saturated heterocycles. The fraction of sp³-hybridized carbons (Fsp3) is 0.677. The van der Waals surface area contributed by atoms with Gasteiger partial charge < -0.3 is 5.11 Å². The minimum Gasteiger partial charge on any atom is -0.378 e. The van der Waals surface area contributed by atoms with Crippen molar-refractivity contribution in [1.82, 2.24) is 0 Å². The Morgan fingerprint density at radius 3 is 2.37 bits per heavy atom. The Balaban J connectivity index is 1.31. The van der Waals surface area contributed by atoms with Crippen molar-refractivity contribution in [3.8, 4) is 11.8 Å². The number of halogens is 1. The van der Waals surface area contributed by atoms with E-state index >= 15 is 0 Å². The van der Waals surface area contributed by atoms with Crippen molar-refractivity contribution in [2.45, 2.75) is 84.2 Å². The zero-order chi connectivity index (χ0) is 25.0. The van der Waals surface area contributed by atoms with Gasteiger partial charge in [0, 0.05) is 17.0 Å². The Bertz CT molecular complexity index is 1070. The van der Waals surface area contributed by atoms with Gasteiger partial charge in [-0.2, -0.15) is 0 Å². The van der Waals surface area contributed by atoms with E-state index in [4.69, 9.17) is 11.6 Å². The number of Topliss-reactive ketones (excluding diaryl/α,β-unsaturated/α-hetero) is 2. The molecule has 8 atom stereocenters. The van der Waals surface area contributed by atoms with Crippen LogP contribution in [0.2, 0.25) is 0 Å². The van der Waals surface area contributed by atoms with E-state index in [9.17, 15) is 14.7 Å². The maximum Gasteiger partial charge on any atom is 0.159 e. The van der Waals surface area contributed by atoms with E-state index < -0.39 is 5.60 Å². The van der Waals surface area contributed by atoms with E-state index in [-0.39, 0.29) is 34.2 Å². The smallest absolute Gasteiger partial charge is 0.159 e. The monoisotopic (exact) mass is 494 g/mol. The van der Waals surface area contributed by atoms with Crippen molar-refractivity contribution in [1.29, 1.82) is 0 Å². The van der Waals surface area contributed by atoms with Gasteiger partial charge in [0.05, 0.1) is 5.88 Å². The fourth-order valence-electron chi connectivity index (χ4n) is 8.96. The van der Waals surface area contributed by atoms with Gasteiger partial charge in [0.15, 0.2) is 11.6 Å². The molecule has 0 radical (unpaired) electrons. The number of hydrogen-bond donors (Lipinski definition) is 1. The molecule has 4 fully saturated rings. The molecule has 188 valence electrons. The van der Waals surface area contributed by atoms with Crippen LogP contribution >= 0.6 is 11.6 Å². The summed E-state index contributed by atoms with van der Waals surface area (Å²) >= 11 is 5.99. The molecule has 5 rings (SSSR count). The second kappa shape index (κ2) is 9.04. The molecule has 0 bridgehead atoms. The lowest BCUT2D eigenvalue weighted by Crippen LogP contribution is -2.56. The van der Waals surface area contributed by atoms with Crippen LogP contribution in [0.15, 0.2) is 24.3 Å². The summed E-state index contributed by atoms with van der Waals surface area (Å²) < 4.78 is 0. The molecule has 0 aliphatic heterocycles. The lowest BCUT2D eigenvalue weighted by Gasteiger charge is -2.61. The Kier molecular flexibility index (Phi) is 6.46. The average molecular weight is 495 g/mol. The molecule has 1 aromatic carbocycles. The third-order valence-electron chi connectivity index (χ3n) is 11.0. The average Bonchev–Trinajstić information content (AvgIpc) is 3.20. The summed E-state index contributed by atoms with van der Waals surface area (Å²) in [6.45, 7) is 6.43. The van der Waals surface area contributed by atoms with Crippen molar-refractivity contribution < 1.29 is 14.7 Å². The molecule has 3 nitrogen and oxygen atoms in total. The first-order valence-corrected chi connectivity index (χ1v) is 14.1. The number of benzene rings is 1. The Labute approximate surface area is 215 Å². The summed E-state index contributed by atoms with van der Waals surface area (Å²) in [5.41, 5.74) is 0.952. The third-order valence-corrected chi connectivity index (χ3v) is 11.2. The zero-order valence-electron chi connectivity index (χ0n) is 21.4. The molecule has 0 unspecified atom stereocenters. The van der Waals surface area contributed by atoms with Gasteiger partial charge in [0.1, 0.15) is 5.60 Å². The molecule has 4 heteroatoms. The summed E-state index contributed by atoms with van der Waals surface area (Å²) in [7, 11) is 0. The number of carbonyl (C=O) groups is 2. The third kappa shape index (κ3) is 4.19. The van der Waals surface area contributed by atoms with E-state index in [0.717, 1.165) is 44.1 Å². The first-order valence-electron chi connectivity index (χ1n) is 13.5. The first-order chi connectivity index (χ1) is 16.6. The number of ketones is 2. The highest BCUT2D eigenvalue weighted by Gasteiger charge is 2.61. The van der Waals surface area contributed by atoms with Crippen LogP contribution in [-0.2, 0) is 4.79 Å². The van der Waals surface area contributed by atoms with Crippen LogP contribution in [0.4, 0.5) is 0 Å². The van der Waals surface area contributed by atoms with Crippen LogP contribution < -0.4 is 0 Å². The summed E-state index contributed by atoms with van der Waals surface area (Å²) in [5, 5.41) is 11.5. The zero-order valence-corrected chi connectivity index (χ0v) is 22.2. The molecular formula is C31H39ClO3. The van der Waals surface area contributed by atoms with Crippen molar-refractivity contribution in [3.05, 3.63) is 35.4 Å². The van der Waals surface area contributed by atoms with Crippen molar-refractivity contribution in [2.75, 3.05) is 5.88 Å². The number of carbonyl (C=O) groups excluding carboxylic acids is 2. The number of aliphatic hydroxyl groups is 1. The highest BCUT2D eigenvalue weighted by atomic mass is 35.5. The van der Waals surface area contributed by atoms with Crippen LogP contribution in [0, 0.1) is 52.3 Å². The van der Waals surface area contributed by atoms with Crippen LogP contribution in [-0.4, -0.2) is 28.2 Å². The number of fused-ring (bicyclic) bond motifs is 5. The molecule has 0 aromatic heterocycles. The maximum atomic E-state index is 12.6. The lowest BCUT2D eigenvalue weighted by molar-refractivity contribution is -0.144. The van der Waals surface area contributed by atoms with Gasteiger partial charge in [0.2, 0.25) is 0 Å². The predicted molar refractivity (Wildman–Crippen MR) is 139 cm³/mol. The van der Waals surface area contributed by atoms with Gasteiger partial charge in [-0.3, -0.25) is 9.59 Å². The molecule has 0 amide bonds. The molecule has 0 spiro atoms. The van der Waals surface area contributed by atoms with Crippen molar-refractivity contribution in [2.24, 2.45) is 40.4 Å². The topological polar surface area (TPSA) is 54.4 Å². The number of alkyl halides is 1. The molecular weight excluding hydrogens is 456 g/mol. The molecule has 4 aliphatic rings. The van der Waals surface area contributed by atoms with Crippen LogP contribution in [0.25, 0.3) is 0 Å². The quantitative estimate of drug-likeness (QED) is 0.299. The summed E-state index contributed by atoms with van der Waals surface area (Å²) in [4.78, 5) is 24.1. The Morgan fingerprint density at radius 1 is 0.971 bits per heavy atom. The highest BCUT2D eigenvalue weighted by molar-refractivity contribution is 6.28. The second-order valence-electron chi connectivity index (χ2n) is 12.6. The SMILES string of the molecule is CC(=O)c1ccc(C#C[C@@]2(O)CC[C@@]3(C)[C@@H](CC[C@@H]4[C@@H]3CC[C@]3(C)[C@@H](C(=O)CCl)CC[C@@H]43)C2)cc1. The number of rotatable bonds is 3. The standard InChI is InChI=1S/C31H39ClO3/c1-20(33)22-6-4-21(5-7-22)12-15-31(35)17-16-29(2)23(18-31)8-9-24-25-10-11-27(28(34)19-32)30(25,3)14-13-26(24)29/h4-7,23-27,35H,8-11,13-14,16-19H2,1-3H3/t23-,24-,25-,26-,27+,29-,30-,31+/m0/s1. The van der Waals surface area contributed by atoms with E-state index in [1.54, 1.807) is 19.1 Å². The van der Waals surface area contributed by atoms with Crippen LogP contribution in [0.1, 0.15) is 94.5 Å². The summed E-state index contributed by atoms with van der Waals surface area (Å²) in [6, 6.07) is 7.35. The van der Waals surface area contributed by atoms with Gasteiger partial charge in [-0.15, -0.1) is 11.6 Å². The fourth-order valence-corrected chi connectivity index (χ4v) is 9.14. The van der Waals surface area contributed by atoms with E-state index in [1.165, 1.54) is 19.3 Å². The summed E-state index contributed by atoms with van der Waals surface area (Å²) in [5.74, 6) is 9.52. The normalized spacial score (nSPS) is 42.1. The Hall–Kier alpha value is -1.63. The molecule has 1 aromatic rings. The van der Waals surface area contributed by atoms with Crippen LogP contribution in [0.5, 0.6) is 0 Å². The van der Waals surface area contributed by atoms with Gasteiger partial charge in [-0.25, -0.2) is 0 Å². The minimum atomic E-state index is -0.940. The molecule has 35 heavy (non-hydrogen) atoms. The predicted octanol–water partition coefficient (Wildman–Crippen LogP) is 6.44. The highest BCUT2D eigenvalue weighted by Crippen LogP contribution is 2.68. The molecule has 4 saturated carbocycles. The summed E-state index contributed by atoms with van der Waals surface area (Å²) in [6.07, 6.45) is 9.36. The van der Waals surface area contributed by atoms with Gasteiger partial charge in [-0.1, -0.05) is 37.8 Å². The minimum absolute atomic E-state index is 0.0482. The van der Waals surface area contributed by atoms with E-state index in [0.29, 0.717) is 29.2 Å². The van der Waals surface area contributed by atoms with Crippen molar-refractivity contribution in [3.63, 3.8) is 0 Å². The molecule has 0 heterocycles. The van der Waals surface area contributed by atoms with E-state index in [1.807, 2.05) is 12.1 Å². The van der Waals surface area contributed by atoms with Gasteiger partial charge in [0.25, 0.3) is 0 Å². The Morgan fingerprint density at radius 2 is 1.69 bits per heavy atom. The van der Waals surface area contributed by atoms with Crippen LogP contribution in [0.3, 0.4) is 0 Å². The first kappa shape index (κ1) is 25.0. The number of hydrogen-bond acceptors (Lipinski definition) is 3. The van der Waals surface area contributed by atoms with Gasteiger partial charge >= 0.3 is 0 Å².